The first kappa shape index (κ1) is 13.7. The molecule has 1 aliphatic heterocycles. The Morgan fingerprint density at radius 3 is 2.73 bits per heavy atom. The van der Waals surface area contributed by atoms with Gasteiger partial charge in [0.2, 0.25) is 5.89 Å². The number of nitrogens with two attached hydrogens (primary N) is 1. The molecule has 1 unspecified atom stereocenters. The van der Waals surface area contributed by atoms with Crippen molar-refractivity contribution in [3.8, 4) is 0 Å². The van der Waals surface area contributed by atoms with Gasteiger partial charge in [0.25, 0.3) is 5.91 Å². The lowest BCUT2D eigenvalue weighted by molar-refractivity contribution is -0.132. The highest BCUT2D eigenvalue weighted by atomic mass is 16.5. The highest BCUT2D eigenvalue weighted by Gasteiger charge is 2.56. The van der Waals surface area contributed by atoms with Crippen molar-refractivity contribution in [2.75, 3.05) is 0 Å². The number of amides is 3. The molecule has 0 aromatic carbocycles. The van der Waals surface area contributed by atoms with E-state index in [0.717, 1.165) is 37.0 Å². The molecule has 1 saturated heterocycles. The van der Waals surface area contributed by atoms with Crippen LogP contribution in [-0.4, -0.2) is 32.5 Å². The first-order valence-electron chi connectivity index (χ1n) is 7.68. The molecule has 8 heteroatoms. The molecule has 2 aliphatic carbocycles. The minimum atomic E-state index is -0.789. The summed E-state index contributed by atoms with van der Waals surface area (Å²) < 4.78 is 5.17. The predicted octanol–water partition coefficient (Wildman–Crippen LogP) is 0.628. The molecule has 2 saturated carbocycles. The van der Waals surface area contributed by atoms with Crippen molar-refractivity contribution in [2.45, 2.75) is 56.7 Å². The summed E-state index contributed by atoms with van der Waals surface area (Å²) in [6.07, 6.45) is 4.64. The van der Waals surface area contributed by atoms with E-state index >= 15 is 0 Å². The number of aromatic nitrogens is 2. The fourth-order valence-corrected chi connectivity index (χ4v) is 3.23. The monoisotopic (exact) mass is 305 g/mol. The van der Waals surface area contributed by atoms with Crippen LogP contribution in [0.2, 0.25) is 0 Å². The topological polar surface area (TPSA) is 114 Å². The Labute approximate surface area is 127 Å². The van der Waals surface area contributed by atoms with Gasteiger partial charge in [-0.05, 0) is 44.9 Å². The third-order valence-electron chi connectivity index (χ3n) is 5.15. The number of hydrogen-bond donors (Lipinski definition) is 2. The van der Waals surface area contributed by atoms with E-state index in [1.165, 1.54) is 0 Å². The third-order valence-corrected chi connectivity index (χ3v) is 5.15. The Balaban J connectivity index is 1.51. The maximum absolute atomic E-state index is 12.5. The molecule has 1 atom stereocenters. The van der Waals surface area contributed by atoms with Gasteiger partial charge in [-0.3, -0.25) is 9.69 Å². The Bertz CT molecular complexity index is 649. The van der Waals surface area contributed by atoms with Gasteiger partial charge in [0.1, 0.15) is 12.1 Å². The zero-order chi connectivity index (χ0) is 15.5. The van der Waals surface area contributed by atoms with E-state index in [9.17, 15) is 9.59 Å². The second-order valence-electron chi connectivity index (χ2n) is 6.82. The number of hydrogen-bond acceptors (Lipinski definition) is 6. The van der Waals surface area contributed by atoms with Gasteiger partial charge in [-0.25, -0.2) is 4.79 Å². The molecule has 2 heterocycles. The number of carbonyl (C=O) groups excluding carboxylic acids is 2. The van der Waals surface area contributed by atoms with E-state index in [-0.39, 0.29) is 24.3 Å². The molecular formula is C14H19N5O3. The lowest BCUT2D eigenvalue weighted by Gasteiger charge is -2.34. The molecule has 22 heavy (non-hydrogen) atoms. The van der Waals surface area contributed by atoms with Crippen LogP contribution >= 0.6 is 0 Å². The first-order chi connectivity index (χ1) is 10.4. The highest BCUT2D eigenvalue weighted by molar-refractivity contribution is 6.07. The Morgan fingerprint density at radius 1 is 1.41 bits per heavy atom. The van der Waals surface area contributed by atoms with Gasteiger partial charge >= 0.3 is 6.03 Å². The quantitative estimate of drug-likeness (QED) is 0.788. The maximum Gasteiger partial charge on any atom is 0.325 e. The summed E-state index contributed by atoms with van der Waals surface area (Å²) in [5, 5.41) is 6.70. The van der Waals surface area contributed by atoms with Crippen LogP contribution in [0.5, 0.6) is 0 Å². The van der Waals surface area contributed by atoms with Crippen molar-refractivity contribution in [1.82, 2.24) is 20.4 Å². The number of nitrogens with one attached hydrogen (secondary N) is 1. The van der Waals surface area contributed by atoms with Gasteiger partial charge in [0, 0.05) is 0 Å². The largest absolute Gasteiger partial charge is 0.337 e. The van der Waals surface area contributed by atoms with Crippen molar-refractivity contribution < 1.29 is 14.1 Å². The molecule has 0 spiro atoms. The number of carbonyl (C=O) groups is 2. The van der Waals surface area contributed by atoms with Crippen molar-refractivity contribution in [2.24, 2.45) is 11.7 Å². The molecule has 0 radical (unpaired) electrons. The highest BCUT2D eigenvalue weighted by Crippen LogP contribution is 2.43. The lowest BCUT2D eigenvalue weighted by Crippen LogP contribution is -2.46. The summed E-state index contributed by atoms with van der Waals surface area (Å²) in [5.74, 6) is 0.723. The van der Waals surface area contributed by atoms with Crippen molar-refractivity contribution in [1.29, 1.82) is 0 Å². The second-order valence-corrected chi connectivity index (χ2v) is 6.82. The molecule has 4 rings (SSSR count). The Morgan fingerprint density at radius 2 is 2.14 bits per heavy atom. The Kier molecular flexibility index (Phi) is 2.66. The number of nitrogens with zero attached hydrogens (tertiary/aromatic N) is 3. The van der Waals surface area contributed by atoms with E-state index in [1.807, 2.05) is 0 Å². The van der Waals surface area contributed by atoms with Gasteiger partial charge in [0.05, 0.1) is 5.54 Å². The van der Waals surface area contributed by atoms with E-state index in [0.29, 0.717) is 5.82 Å². The molecule has 0 bridgehead atoms. The van der Waals surface area contributed by atoms with E-state index in [2.05, 4.69) is 15.5 Å². The van der Waals surface area contributed by atoms with Crippen molar-refractivity contribution >= 4 is 11.9 Å². The predicted molar refractivity (Wildman–Crippen MR) is 74.2 cm³/mol. The van der Waals surface area contributed by atoms with Crippen molar-refractivity contribution in [3.05, 3.63) is 11.7 Å². The summed E-state index contributed by atoms with van der Waals surface area (Å²) in [7, 11) is 0. The van der Waals surface area contributed by atoms with Crippen LogP contribution in [0.25, 0.3) is 0 Å². The van der Waals surface area contributed by atoms with Gasteiger partial charge in [-0.2, -0.15) is 4.98 Å². The molecule has 1 aromatic rings. The zero-order valence-electron chi connectivity index (χ0n) is 12.5. The van der Waals surface area contributed by atoms with Gasteiger partial charge < -0.3 is 15.6 Å². The first-order valence-corrected chi connectivity index (χ1v) is 7.68. The molecular weight excluding hydrogens is 286 g/mol. The third kappa shape index (κ3) is 1.86. The number of imide groups is 1. The number of rotatable bonds is 4. The second kappa shape index (κ2) is 4.28. The molecule has 3 amide bonds. The van der Waals surface area contributed by atoms with E-state index in [1.54, 1.807) is 6.92 Å². The molecule has 3 fully saturated rings. The fraction of sp³-hybridized carbons (Fsp3) is 0.714. The van der Waals surface area contributed by atoms with Crippen LogP contribution in [0.4, 0.5) is 4.79 Å². The van der Waals surface area contributed by atoms with E-state index < -0.39 is 17.1 Å². The summed E-state index contributed by atoms with van der Waals surface area (Å²) >= 11 is 0. The van der Waals surface area contributed by atoms with Crippen molar-refractivity contribution in [3.63, 3.8) is 0 Å². The summed E-state index contributed by atoms with van der Waals surface area (Å²) in [6.45, 7) is 1.78. The van der Waals surface area contributed by atoms with Gasteiger partial charge in [0.15, 0.2) is 5.82 Å². The summed E-state index contributed by atoms with van der Waals surface area (Å²) in [4.78, 5) is 30.0. The number of urea groups is 1. The molecule has 3 aliphatic rings. The SMILES string of the molecule is CC1(C2CC2)NC(=O)N(Cc2nc(C3(N)CCC3)no2)C1=O. The smallest absolute Gasteiger partial charge is 0.325 e. The van der Waals surface area contributed by atoms with Crippen LogP contribution in [0.15, 0.2) is 4.52 Å². The van der Waals surface area contributed by atoms with Gasteiger partial charge in [-0.1, -0.05) is 5.16 Å². The standard InChI is InChI=1S/C14H19N5O3/c1-13(8-3-4-8)11(20)19(12(21)17-13)7-9-16-10(18-22-9)14(15)5-2-6-14/h8H,2-7,15H2,1H3,(H,17,21). The average molecular weight is 305 g/mol. The molecule has 118 valence electrons. The minimum Gasteiger partial charge on any atom is -0.337 e. The maximum atomic E-state index is 12.5. The Hall–Kier alpha value is -1.96. The lowest BCUT2D eigenvalue weighted by atomic mass is 9.77. The minimum absolute atomic E-state index is 0.00391. The van der Waals surface area contributed by atoms with Gasteiger partial charge in [-0.15, -0.1) is 0 Å². The average Bonchev–Trinajstić information content (AvgIpc) is 3.17. The molecule has 3 N–H and O–H groups in total. The summed E-state index contributed by atoms with van der Waals surface area (Å²) in [6, 6.07) is -0.398. The van der Waals surface area contributed by atoms with Crippen LogP contribution in [-0.2, 0) is 16.9 Å². The van der Waals surface area contributed by atoms with Crippen LogP contribution in [0, 0.1) is 5.92 Å². The normalized spacial score (nSPS) is 30.4. The molecule has 1 aromatic heterocycles. The van der Waals surface area contributed by atoms with Crippen LogP contribution in [0.1, 0.15) is 50.7 Å². The summed E-state index contributed by atoms with van der Waals surface area (Å²) in [5.41, 5.74) is 4.85. The molecule has 8 nitrogen and oxygen atoms in total. The van der Waals surface area contributed by atoms with Crippen LogP contribution < -0.4 is 11.1 Å². The van der Waals surface area contributed by atoms with E-state index in [4.69, 9.17) is 10.3 Å². The zero-order valence-corrected chi connectivity index (χ0v) is 12.5. The fourth-order valence-electron chi connectivity index (χ4n) is 3.23. The van der Waals surface area contributed by atoms with Crippen LogP contribution in [0.3, 0.4) is 0 Å².